The lowest BCUT2D eigenvalue weighted by molar-refractivity contribution is -0.384. The van der Waals surface area contributed by atoms with Crippen molar-refractivity contribution in [1.82, 2.24) is 4.90 Å². The van der Waals surface area contributed by atoms with Gasteiger partial charge in [0.2, 0.25) is 0 Å². The highest BCUT2D eigenvalue weighted by Gasteiger charge is 2.20. The summed E-state index contributed by atoms with van der Waals surface area (Å²) in [5.41, 5.74) is -0.0296. The van der Waals surface area contributed by atoms with Crippen LogP contribution in [0.2, 0.25) is 5.02 Å². The summed E-state index contributed by atoms with van der Waals surface area (Å²) < 4.78 is 13.5. The molecule has 1 fully saturated rings. The maximum Gasteiger partial charge on any atom is 0.294 e. The number of nitrogens with one attached hydrogen (secondary N) is 1. The standard InChI is InChI=1S/C14H19ClFN3O2/c1-10(18-5-3-2-4-6-18)9-17-13-8-12(16)11(15)7-14(13)19(20)21/h7-8,10,17H,2-6,9H2,1H3. The van der Waals surface area contributed by atoms with Crippen LogP contribution >= 0.6 is 11.6 Å². The average Bonchev–Trinajstić information content (AvgIpc) is 2.48. The van der Waals surface area contributed by atoms with Gasteiger partial charge in [-0.1, -0.05) is 18.0 Å². The molecule has 1 atom stereocenters. The first kappa shape index (κ1) is 16.0. The SMILES string of the molecule is CC(CNc1cc(F)c(Cl)cc1[N+](=O)[O-])N1CCCCC1. The molecule has 1 unspecified atom stereocenters. The largest absolute Gasteiger partial charge is 0.378 e. The van der Waals surface area contributed by atoms with Gasteiger partial charge in [-0.2, -0.15) is 0 Å². The second kappa shape index (κ2) is 7.04. The van der Waals surface area contributed by atoms with E-state index in [-0.39, 0.29) is 22.4 Å². The number of halogens is 2. The van der Waals surface area contributed by atoms with Crippen molar-refractivity contribution >= 4 is 23.0 Å². The number of nitrogens with zero attached hydrogens (tertiary/aromatic N) is 2. The number of likely N-dealkylation sites (tertiary alicyclic amines) is 1. The number of piperidine rings is 1. The molecule has 2 rings (SSSR count). The van der Waals surface area contributed by atoms with Gasteiger partial charge in [0.15, 0.2) is 0 Å². The van der Waals surface area contributed by atoms with Gasteiger partial charge in [0.05, 0.1) is 9.95 Å². The highest BCUT2D eigenvalue weighted by molar-refractivity contribution is 6.31. The minimum absolute atomic E-state index is 0.172. The first-order chi connectivity index (χ1) is 9.99. The van der Waals surface area contributed by atoms with Crippen molar-refractivity contribution < 1.29 is 9.31 Å². The Bertz CT molecular complexity index is 521. The van der Waals surface area contributed by atoms with Gasteiger partial charge in [-0.15, -0.1) is 0 Å². The highest BCUT2D eigenvalue weighted by Crippen LogP contribution is 2.30. The molecule has 0 bridgehead atoms. The second-order valence-electron chi connectivity index (χ2n) is 5.37. The Labute approximate surface area is 128 Å². The summed E-state index contributed by atoms with van der Waals surface area (Å²) in [6.45, 7) is 4.68. The first-order valence-corrected chi connectivity index (χ1v) is 7.48. The van der Waals surface area contributed by atoms with Crippen LogP contribution in [0.4, 0.5) is 15.8 Å². The first-order valence-electron chi connectivity index (χ1n) is 7.10. The predicted octanol–water partition coefficient (Wildman–Crippen LogP) is 3.67. The quantitative estimate of drug-likeness (QED) is 0.665. The topological polar surface area (TPSA) is 58.4 Å². The molecule has 0 aromatic heterocycles. The Morgan fingerprint density at radius 2 is 2.10 bits per heavy atom. The van der Waals surface area contributed by atoms with Crippen molar-refractivity contribution in [3.8, 4) is 0 Å². The van der Waals surface area contributed by atoms with Crippen molar-refractivity contribution in [2.24, 2.45) is 0 Å². The van der Waals surface area contributed by atoms with Crippen molar-refractivity contribution in [3.05, 3.63) is 33.1 Å². The summed E-state index contributed by atoms with van der Waals surface area (Å²) in [5.74, 6) is -0.657. The maximum absolute atomic E-state index is 13.5. The van der Waals surface area contributed by atoms with Crippen LogP contribution < -0.4 is 5.32 Å². The van der Waals surface area contributed by atoms with Gasteiger partial charge in [0.25, 0.3) is 5.69 Å². The van der Waals surface area contributed by atoms with E-state index < -0.39 is 10.7 Å². The van der Waals surface area contributed by atoms with Crippen molar-refractivity contribution in [2.45, 2.75) is 32.2 Å². The molecule has 1 saturated heterocycles. The van der Waals surface area contributed by atoms with Gasteiger partial charge in [-0.3, -0.25) is 15.0 Å². The van der Waals surface area contributed by atoms with Crippen LogP contribution in [0.1, 0.15) is 26.2 Å². The highest BCUT2D eigenvalue weighted by atomic mass is 35.5. The molecule has 0 radical (unpaired) electrons. The van der Waals surface area contributed by atoms with Crippen LogP contribution in [0.3, 0.4) is 0 Å². The molecule has 0 spiro atoms. The molecule has 1 heterocycles. The molecule has 1 N–H and O–H groups in total. The van der Waals surface area contributed by atoms with Gasteiger partial charge < -0.3 is 5.32 Å². The summed E-state index contributed by atoms with van der Waals surface area (Å²) >= 11 is 5.60. The van der Waals surface area contributed by atoms with Crippen LogP contribution in [0, 0.1) is 15.9 Å². The number of rotatable bonds is 5. The van der Waals surface area contributed by atoms with Crippen LogP contribution in [0.25, 0.3) is 0 Å². The van der Waals surface area contributed by atoms with E-state index in [1.807, 2.05) is 0 Å². The Morgan fingerprint density at radius 1 is 1.43 bits per heavy atom. The third-order valence-electron chi connectivity index (χ3n) is 3.84. The number of nitro groups is 1. The maximum atomic E-state index is 13.5. The average molecular weight is 316 g/mol. The summed E-state index contributed by atoms with van der Waals surface area (Å²) in [6, 6.07) is 2.37. The molecule has 0 saturated carbocycles. The number of nitro benzene ring substituents is 1. The summed E-state index contributed by atoms with van der Waals surface area (Å²) in [5, 5.41) is 13.7. The Morgan fingerprint density at radius 3 is 2.71 bits per heavy atom. The number of anilines is 1. The third kappa shape index (κ3) is 4.04. The molecule has 1 aliphatic rings. The van der Waals surface area contributed by atoms with E-state index in [4.69, 9.17) is 11.6 Å². The lowest BCUT2D eigenvalue weighted by Gasteiger charge is -2.32. The molecule has 0 amide bonds. The lowest BCUT2D eigenvalue weighted by Crippen LogP contribution is -2.41. The third-order valence-corrected chi connectivity index (χ3v) is 4.13. The molecule has 1 aliphatic heterocycles. The van der Waals surface area contributed by atoms with E-state index in [2.05, 4.69) is 17.1 Å². The molecule has 5 nitrogen and oxygen atoms in total. The molecule has 7 heteroatoms. The molecule has 116 valence electrons. The second-order valence-corrected chi connectivity index (χ2v) is 5.77. The van der Waals surface area contributed by atoms with Gasteiger partial charge in [0, 0.05) is 24.7 Å². The van der Waals surface area contributed by atoms with Crippen molar-refractivity contribution in [3.63, 3.8) is 0 Å². The van der Waals surface area contributed by atoms with Crippen molar-refractivity contribution in [2.75, 3.05) is 25.0 Å². The zero-order valence-electron chi connectivity index (χ0n) is 11.9. The van der Waals surface area contributed by atoms with Crippen LogP contribution in [-0.2, 0) is 0 Å². The Kier molecular flexibility index (Phi) is 5.36. The van der Waals surface area contributed by atoms with Gasteiger partial charge in [-0.05, 0) is 32.9 Å². The molecular formula is C14H19ClFN3O2. The van der Waals surface area contributed by atoms with E-state index in [0.717, 1.165) is 25.2 Å². The van der Waals surface area contributed by atoms with Crippen LogP contribution in [-0.4, -0.2) is 35.5 Å². The normalized spacial score (nSPS) is 17.5. The predicted molar refractivity (Wildman–Crippen MR) is 81.4 cm³/mol. The summed E-state index contributed by atoms with van der Waals surface area (Å²) in [6.07, 6.45) is 3.62. The smallest absolute Gasteiger partial charge is 0.294 e. The van der Waals surface area contributed by atoms with E-state index in [1.54, 1.807) is 0 Å². The molecule has 0 aliphatic carbocycles. The fourth-order valence-electron chi connectivity index (χ4n) is 2.57. The monoisotopic (exact) mass is 315 g/mol. The fourth-order valence-corrected chi connectivity index (χ4v) is 2.73. The van der Waals surface area contributed by atoms with Gasteiger partial charge in [-0.25, -0.2) is 4.39 Å². The van der Waals surface area contributed by atoms with Crippen LogP contribution in [0.5, 0.6) is 0 Å². The fraction of sp³-hybridized carbons (Fsp3) is 0.571. The van der Waals surface area contributed by atoms with E-state index in [0.29, 0.717) is 6.54 Å². The molecular weight excluding hydrogens is 297 g/mol. The summed E-state index contributed by atoms with van der Waals surface area (Å²) in [4.78, 5) is 12.8. The van der Waals surface area contributed by atoms with E-state index >= 15 is 0 Å². The Hall–Kier alpha value is -1.40. The van der Waals surface area contributed by atoms with E-state index in [1.165, 1.54) is 19.3 Å². The minimum Gasteiger partial charge on any atom is -0.378 e. The number of hydrogen-bond acceptors (Lipinski definition) is 4. The zero-order chi connectivity index (χ0) is 15.4. The number of benzene rings is 1. The molecule has 1 aromatic carbocycles. The van der Waals surface area contributed by atoms with Gasteiger partial charge >= 0.3 is 0 Å². The van der Waals surface area contributed by atoms with Crippen molar-refractivity contribution in [1.29, 1.82) is 0 Å². The Balaban J connectivity index is 2.05. The minimum atomic E-state index is -0.657. The lowest BCUT2D eigenvalue weighted by atomic mass is 10.1. The summed E-state index contributed by atoms with van der Waals surface area (Å²) in [7, 11) is 0. The van der Waals surface area contributed by atoms with Crippen LogP contribution in [0.15, 0.2) is 12.1 Å². The molecule has 21 heavy (non-hydrogen) atoms. The van der Waals surface area contributed by atoms with E-state index in [9.17, 15) is 14.5 Å². The number of hydrogen-bond donors (Lipinski definition) is 1. The zero-order valence-corrected chi connectivity index (χ0v) is 12.7. The molecule has 1 aromatic rings. The van der Waals surface area contributed by atoms with Gasteiger partial charge in [0.1, 0.15) is 11.5 Å².